The molecule has 0 N–H and O–H groups in total. The summed E-state index contributed by atoms with van der Waals surface area (Å²) in [4.78, 5) is 19.5. The molecule has 0 bridgehead atoms. The minimum absolute atomic E-state index is 0.183. The number of hydrogen-bond acceptors (Lipinski definition) is 5. The first-order valence-corrected chi connectivity index (χ1v) is 10.4. The van der Waals surface area contributed by atoms with Crippen molar-refractivity contribution < 1.29 is 14.3 Å². The molecule has 2 aliphatic rings. The molecule has 2 aromatic rings. The molecule has 0 aliphatic heterocycles. The van der Waals surface area contributed by atoms with Crippen molar-refractivity contribution in [2.45, 2.75) is 38.1 Å². The van der Waals surface area contributed by atoms with Crippen molar-refractivity contribution in [3.63, 3.8) is 0 Å². The molecule has 0 spiro atoms. The summed E-state index contributed by atoms with van der Waals surface area (Å²) < 4.78 is 10.7. The number of carbonyl (C=O) groups is 1. The Labute approximate surface area is 164 Å². The number of aromatic nitrogens is 1. The molecule has 1 amide bonds. The van der Waals surface area contributed by atoms with Gasteiger partial charge in [-0.3, -0.25) is 4.79 Å². The molecule has 2 fully saturated rings. The van der Waals surface area contributed by atoms with Crippen molar-refractivity contribution in [2.75, 3.05) is 21.3 Å². The van der Waals surface area contributed by atoms with Crippen molar-refractivity contribution >= 4 is 17.2 Å². The summed E-state index contributed by atoms with van der Waals surface area (Å²) in [5.41, 5.74) is 1.81. The third-order valence-corrected chi connectivity index (χ3v) is 6.51. The van der Waals surface area contributed by atoms with Crippen LogP contribution in [0.1, 0.15) is 31.4 Å². The molecule has 1 heterocycles. The number of methoxy groups -OCH3 is 2. The Bertz CT molecular complexity index is 815. The molecule has 0 radical (unpaired) electrons. The second-order valence-corrected chi connectivity index (χ2v) is 8.42. The minimum Gasteiger partial charge on any atom is -0.493 e. The lowest BCUT2D eigenvalue weighted by Gasteiger charge is -2.28. The highest BCUT2D eigenvalue weighted by Crippen LogP contribution is 2.47. The standard InChI is InChI=1S/C21H26N2O3S/c1-23(20(13-4-5-13)14-6-7-14)19(24)11-16-12-27-21(22-16)15-8-9-17(25-2)18(10-15)26-3/h8-10,12-14,20H,4-7,11H2,1-3H3. The van der Waals surface area contributed by atoms with Crippen LogP contribution in [0.4, 0.5) is 0 Å². The average Bonchev–Trinajstić information content (AvgIpc) is 3.62. The van der Waals surface area contributed by atoms with E-state index in [1.807, 2.05) is 35.5 Å². The van der Waals surface area contributed by atoms with E-state index in [0.29, 0.717) is 24.0 Å². The Morgan fingerprint density at radius 1 is 1.19 bits per heavy atom. The van der Waals surface area contributed by atoms with Crippen LogP contribution in [0.15, 0.2) is 23.6 Å². The van der Waals surface area contributed by atoms with E-state index >= 15 is 0 Å². The number of ether oxygens (including phenoxy) is 2. The lowest BCUT2D eigenvalue weighted by atomic mass is 10.1. The summed E-state index contributed by atoms with van der Waals surface area (Å²) in [7, 11) is 5.22. The lowest BCUT2D eigenvalue weighted by Crippen LogP contribution is -2.40. The molecule has 2 saturated carbocycles. The summed E-state index contributed by atoms with van der Waals surface area (Å²) in [6.45, 7) is 0. The van der Waals surface area contributed by atoms with Crippen LogP contribution in [-0.4, -0.2) is 43.1 Å². The highest BCUT2D eigenvalue weighted by atomic mass is 32.1. The van der Waals surface area contributed by atoms with Gasteiger partial charge in [0.1, 0.15) is 5.01 Å². The van der Waals surface area contributed by atoms with Gasteiger partial charge in [-0.15, -0.1) is 11.3 Å². The second-order valence-electron chi connectivity index (χ2n) is 7.56. The summed E-state index contributed by atoms with van der Waals surface area (Å²) in [6, 6.07) is 6.21. The maximum Gasteiger partial charge on any atom is 0.228 e. The highest BCUT2D eigenvalue weighted by Gasteiger charge is 2.44. The zero-order valence-electron chi connectivity index (χ0n) is 16.1. The van der Waals surface area contributed by atoms with E-state index in [1.165, 1.54) is 25.7 Å². The summed E-state index contributed by atoms with van der Waals surface area (Å²) in [6.07, 6.45) is 5.48. The van der Waals surface area contributed by atoms with Crippen molar-refractivity contribution in [3.8, 4) is 22.1 Å². The van der Waals surface area contributed by atoms with E-state index in [2.05, 4.69) is 4.98 Å². The number of rotatable bonds is 8. The molecule has 4 rings (SSSR count). The van der Waals surface area contributed by atoms with Gasteiger partial charge in [-0.25, -0.2) is 4.98 Å². The zero-order chi connectivity index (χ0) is 19.0. The quantitative estimate of drug-likeness (QED) is 0.688. The normalized spacial score (nSPS) is 16.4. The molecule has 27 heavy (non-hydrogen) atoms. The predicted octanol–water partition coefficient (Wildman–Crippen LogP) is 4.02. The van der Waals surface area contributed by atoms with Crippen LogP contribution in [0.2, 0.25) is 0 Å². The van der Waals surface area contributed by atoms with Crippen molar-refractivity contribution in [3.05, 3.63) is 29.3 Å². The van der Waals surface area contributed by atoms with Gasteiger partial charge in [-0.1, -0.05) is 0 Å². The van der Waals surface area contributed by atoms with Crippen LogP contribution in [0.25, 0.3) is 10.6 Å². The highest BCUT2D eigenvalue weighted by molar-refractivity contribution is 7.13. The lowest BCUT2D eigenvalue weighted by molar-refractivity contribution is -0.132. The molecular weight excluding hydrogens is 360 g/mol. The van der Waals surface area contributed by atoms with Crippen molar-refractivity contribution in [1.29, 1.82) is 0 Å². The van der Waals surface area contributed by atoms with Crippen LogP contribution < -0.4 is 9.47 Å². The van der Waals surface area contributed by atoms with Gasteiger partial charge >= 0.3 is 0 Å². The Morgan fingerprint density at radius 3 is 2.44 bits per heavy atom. The van der Waals surface area contributed by atoms with E-state index in [-0.39, 0.29) is 5.91 Å². The van der Waals surface area contributed by atoms with Crippen molar-refractivity contribution in [1.82, 2.24) is 9.88 Å². The van der Waals surface area contributed by atoms with Gasteiger partial charge in [-0.2, -0.15) is 0 Å². The number of carbonyl (C=O) groups excluding carboxylic acids is 1. The summed E-state index contributed by atoms with van der Waals surface area (Å²) in [5, 5.41) is 2.88. The average molecular weight is 387 g/mol. The molecule has 0 saturated heterocycles. The Kier molecular flexibility index (Phi) is 5.08. The molecule has 0 atom stereocenters. The van der Waals surface area contributed by atoms with Crippen LogP contribution in [0, 0.1) is 11.8 Å². The topological polar surface area (TPSA) is 51.7 Å². The molecule has 6 heteroatoms. The maximum atomic E-state index is 12.8. The van der Waals surface area contributed by atoms with Crippen LogP contribution in [0.3, 0.4) is 0 Å². The number of nitrogens with zero attached hydrogens (tertiary/aromatic N) is 2. The number of benzene rings is 1. The Hall–Kier alpha value is -2.08. The van der Waals surface area contributed by atoms with Gasteiger partial charge < -0.3 is 14.4 Å². The molecule has 1 aromatic carbocycles. The molecule has 2 aliphatic carbocycles. The number of thiazole rings is 1. The van der Waals surface area contributed by atoms with Gasteiger partial charge in [0, 0.05) is 24.0 Å². The fourth-order valence-electron chi connectivity index (χ4n) is 3.83. The van der Waals surface area contributed by atoms with Gasteiger partial charge in [0.05, 0.1) is 26.3 Å². The van der Waals surface area contributed by atoms with E-state index < -0.39 is 0 Å². The number of amides is 1. The van der Waals surface area contributed by atoms with E-state index in [1.54, 1.807) is 25.6 Å². The van der Waals surface area contributed by atoms with Gasteiger partial charge in [0.2, 0.25) is 5.91 Å². The maximum absolute atomic E-state index is 12.8. The Morgan fingerprint density at radius 2 is 1.85 bits per heavy atom. The first-order chi connectivity index (χ1) is 13.1. The summed E-state index contributed by atoms with van der Waals surface area (Å²) in [5.74, 6) is 3.01. The fourth-order valence-corrected chi connectivity index (χ4v) is 4.65. The first-order valence-electron chi connectivity index (χ1n) is 9.53. The minimum atomic E-state index is 0.183. The van der Waals surface area contributed by atoms with Crippen LogP contribution in [-0.2, 0) is 11.2 Å². The first kappa shape index (κ1) is 18.3. The smallest absolute Gasteiger partial charge is 0.228 e. The zero-order valence-corrected chi connectivity index (χ0v) is 16.9. The van der Waals surface area contributed by atoms with E-state index in [0.717, 1.165) is 28.1 Å². The van der Waals surface area contributed by atoms with Crippen LogP contribution in [0.5, 0.6) is 11.5 Å². The third-order valence-electron chi connectivity index (χ3n) is 5.57. The Balaban J connectivity index is 1.45. The number of likely N-dealkylation sites (N-methyl/N-ethyl adjacent to an activating group) is 1. The van der Waals surface area contributed by atoms with Gasteiger partial charge in [0.25, 0.3) is 0 Å². The molecular formula is C21H26N2O3S. The fraction of sp³-hybridized carbons (Fsp3) is 0.524. The van der Waals surface area contributed by atoms with Crippen LogP contribution >= 0.6 is 11.3 Å². The van der Waals surface area contributed by atoms with Crippen molar-refractivity contribution in [2.24, 2.45) is 11.8 Å². The monoisotopic (exact) mass is 386 g/mol. The van der Waals surface area contributed by atoms with Gasteiger partial charge in [0.15, 0.2) is 11.5 Å². The second kappa shape index (κ2) is 7.50. The molecule has 1 aromatic heterocycles. The molecule has 5 nitrogen and oxygen atoms in total. The molecule has 0 unspecified atom stereocenters. The number of hydrogen-bond donors (Lipinski definition) is 0. The molecule has 144 valence electrons. The largest absolute Gasteiger partial charge is 0.493 e. The van der Waals surface area contributed by atoms with Gasteiger partial charge in [-0.05, 0) is 55.7 Å². The third kappa shape index (κ3) is 3.95. The van der Waals surface area contributed by atoms with E-state index in [9.17, 15) is 4.79 Å². The predicted molar refractivity (Wildman–Crippen MR) is 106 cm³/mol. The van der Waals surface area contributed by atoms with E-state index in [4.69, 9.17) is 9.47 Å². The SMILES string of the molecule is COc1ccc(-c2nc(CC(=O)N(C)C(C3CC3)C3CC3)cs2)cc1OC. The summed E-state index contributed by atoms with van der Waals surface area (Å²) >= 11 is 1.56.